The normalized spacial score (nSPS) is 15.9. The monoisotopic (exact) mass is 387 g/mol. The number of piperazine rings is 1. The van der Waals surface area contributed by atoms with E-state index in [0.717, 1.165) is 31.3 Å². The molecule has 1 saturated heterocycles. The predicted molar refractivity (Wildman–Crippen MR) is 102 cm³/mol. The lowest BCUT2D eigenvalue weighted by atomic mass is 10.1. The van der Waals surface area contributed by atoms with E-state index in [2.05, 4.69) is 24.0 Å². The fraction of sp³-hybridized carbons (Fsp3) is 0.350. The second-order valence-electron chi connectivity index (χ2n) is 6.66. The van der Waals surface area contributed by atoms with Crippen LogP contribution in [0.25, 0.3) is 0 Å². The number of nitro groups is 1. The van der Waals surface area contributed by atoms with Crippen molar-refractivity contribution in [3.8, 4) is 5.75 Å². The molecule has 1 fully saturated rings. The van der Waals surface area contributed by atoms with E-state index in [-0.39, 0.29) is 30.0 Å². The third kappa shape index (κ3) is 4.64. The van der Waals surface area contributed by atoms with Crippen LogP contribution in [0.3, 0.4) is 0 Å². The summed E-state index contributed by atoms with van der Waals surface area (Å²) < 4.78 is 18.6. The van der Waals surface area contributed by atoms with E-state index in [1.807, 2.05) is 18.2 Å². The van der Waals surface area contributed by atoms with Gasteiger partial charge in [0.25, 0.3) is 5.91 Å². The Kier molecular flexibility index (Phi) is 6.20. The van der Waals surface area contributed by atoms with Gasteiger partial charge in [0.2, 0.25) is 5.75 Å². The molecule has 1 unspecified atom stereocenters. The summed E-state index contributed by atoms with van der Waals surface area (Å²) in [6.45, 7) is 4.32. The topological polar surface area (TPSA) is 75.9 Å². The van der Waals surface area contributed by atoms with E-state index >= 15 is 0 Å². The van der Waals surface area contributed by atoms with Gasteiger partial charge in [-0.05, 0) is 18.6 Å². The molecule has 8 heteroatoms. The molecule has 1 aliphatic heterocycles. The number of carbonyl (C=O) groups is 1. The molecule has 28 heavy (non-hydrogen) atoms. The van der Waals surface area contributed by atoms with Gasteiger partial charge in [-0.3, -0.25) is 19.8 Å². The zero-order valence-electron chi connectivity index (χ0n) is 15.6. The van der Waals surface area contributed by atoms with Crippen molar-refractivity contribution in [1.82, 2.24) is 9.80 Å². The summed E-state index contributed by atoms with van der Waals surface area (Å²) in [7, 11) is 0. The van der Waals surface area contributed by atoms with Crippen molar-refractivity contribution in [3.63, 3.8) is 0 Å². The Morgan fingerprint density at radius 1 is 1.18 bits per heavy atom. The maximum Gasteiger partial charge on any atom is 0.311 e. The molecule has 1 amide bonds. The molecule has 0 saturated carbocycles. The highest BCUT2D eigenvalue weighted by Crippen LogP contribution is 2.27. The highest BCUT2D eigenvalue weighted by atomic mass is 19.1. The number of nitrogens with zero attached hydrogens (tertiary/aromatic N) is 3. The lowest BCUT2D eigenvalue weighted by molar-refractivity contribution is -0.385. The Labute approximate surface area is 162 Å². The fourth-order valence-corrected chi connectivity index (χ4v) is 3.29. The van der Waals surface area contributed by atoms with Gasteiger partial charge in [0.1, 0.15) is 5.82 Å². The number of rotatable bonds is 6. The second-order valence-corrected chi connectivity index (χ2v) is 6.66. The van der Waals surface area contributed by atoms with Crippen molar-refractivity contribution in [3.05, 3.63) is 70.0 Å². The molecule has 3 rings (SSSR count). The number of hydrogen-bond donors (Lipinski definition) is 0. The minimum Gasteiger partial charge on any atom is -0.477 e. The van der Waals surface area contributed by atoms with Crippen molar-refractivity contribution in [2.24, 2.45) is 0 Å². The van der Waals surface area contributed by atoms with Crippen LogP contribution in [0, 0.1) is 15.9 Å². The first-order valence-electron chi connectivity index (χ1n) is 9.09. The Morgan fingerprint density at radius 3 is 2.50 bits per heavy atom. The Balaban J connectivity index is 1.53. The smallest absolute Gasteiger partial charge is 0.311 e. The van der Waals surface area contributed by atoms with Crippen LogP contribution in [0.2, 0.25) is 0 Å². The minimum absolute atomic E-state index is 0.241. The van der Waals surface area contributed by atoms with Gasteiger partial charge in [-0.1, -0.05) is 30.3 Å². The number of ether oxygens (including phenoxy) is 1. The Bertz CT molecular complexity index is 839. The van der Waals surface area contributed by atoms with Crippen molar-refractivity contribution >= 4 is 11.6 Å². The van der Waals surface area contributed by atoms with Gasteiger partial charge >= 0.3 is 5.69 Å². The molecular formula is C20H22FN3O4. The van der Waals surface area contributed by atoms with Crippen LogP contribution < -0.4 is 4.74 Å². The first kappa shape index (κ1) is 19.8. The lowest BCUT2D eigenvalue weighted by Gasteiger charge is -2.38. The SMILES string of the molecule is CC(c1ccccc1)N1CCN(C(=O)COc2cc(F)ccc2[N+](=O)[O-])CC1. The maximum absolute atomic E-state index is 13.3. The Hall–Kier alpha value is -3.00. The number of nitro benzene ring substituents is 1. The highest BCUT2D eigenvalue weighted by Gasteiger charge is 2.25. The molecule has 7 nitrogen and oxygen atoms in total. The van der Waals surface area contributed by atoms with Crippen molar-refractivity contribution in [1.29, 1.82) is 0 Å². The van der Waals surface area contributed by atoms with Crippen LogP contribution in [0.15, 0.2) is 48.5 Å². The van der Waals surface area contributed by atoms with Gasteiger partial charge in [0.15, 0.2) is 6.61 Å². The molecule has 1 aliphatic rings. The predicted octanol–water partition coefficient (Wildman–Crippen LogP) is 3.02. The standard InChI is InChI=1S/C20H22FN3O4/c1-15(16-5-3-2-4-6-16)22-9-11-23(12-10-22)20(25)14-28-19-13-17(21)7-8-18(19)24(26)27/h2-8,13,15H,9-12,14H2,1H3. The van der Waals surface area contributed by atoms with E-state index in [0.29, 0.717) is 13.1 Å². The van der Waals surface area contributed by atoms with Gasteiger partial charge < -0.3 is 9.64 Å². The minimum atomic E-state index is -0.664. The summed E-state index contributed by atoms with van der Waals surface area (Å²) in [6, 6.07) is 13.4. The van der Waals surface area contributed by atoms with Crippen LogP contribution in [0.4, 0.5) is 10.1 Å². The maximum atomic E-state index is 13.3. The molecule has 1 heterocycles. The van der Waals surface area contributed by atoms with Crippen molar-refractivity contribution in [2.75, 3.05) is 32.8 Å². The number of carbonyl (C=O) groups excluding carboxylic acids is 1. The fourth-order valence-electron chi connectivity index (χ4n) is 3.29. The molecule has 2 aromatic carbocycles. The van der Waals surface area contributed by atoms with E-state index in [1.54, 1.807) is 4.90 Å². The summed E-state index contributed by atoms with van der Waals surface area (Å²) >= 11 is 0. The van der Waals surface area contributed by atoms with E-state index in [1.165, 1.54) is 5.56 Å². The van der Waals surface area contributed by atoms with Crippen LogP contribution >= 0.6 is 0 Å². The zero-order valence-corrected chi connectivity index (χ0v) is 15.6. The summed E-state index contributed by atoms with van der Waals surface area (Å²) in [5.74, 6) is -1.17. The highest BCUT2D eigenvalue weighted by molar-refractivity contribution is 5.78. The van der Waals surface area contributed by atoms with E-state index in [4.69, 9.17) is 4.74 Å². The molecular weight excluding hydrogens is 365 g/mol. The number of benzene rings is 2. The molecule has 1 atom stereocenters. The van der Waals surface area contributed by atoms with Crippen molar-refractivity contribution < 1.29 is 18.8 Å². The van der Waals surface area contributed by atoms with Crippen molar-refractivity contribution in [2.45, 2.75) is 13.0 Å². The van der Waals surface area contributed by atoms with Gasteiger partial charge in [0, 0.05) is 44.4 Å². The largest absolute Gasteiger partial charge is 0.477 e. The Morgan fingerprint density at radius 2 is 1.86 bits per heavy atom. The molecule has 2 aromatic rings. The third-order valence-corrected chi connectivity index (χ3v) is 4.97. The van der Waals surface area contributed by atoms with Crippen LogP contribution in [0.5, 0.6) is 5.75 Å². The molecule has 0 radical (unpaired) electrons. The van der Waals surface area contributed by atoms with E-state index in [9.17, 15) is 19.3 Å². The molecule has 0 aromatic heterocycles. The first-order chi connectivity index (χ1) is 13.5. The average molecular weight is 387 g/mol. The summed E-state index contributed by atoms with van der Waals surface area (Å²) in [5, 5.41) is 11.0. The average Bonchev–Trinajstić information content (AvgIpc) is 2.72. The molecule has 0 N–H and O–H groups in total. The summed E-state index contributed by atoms with van der Waals surface area (Å²) in [5.41, 5.74) is 0.861. The first-order valence-corrected chi connectivity index (χ1v) is 9.09. The second kappa shape index (κ2) is 8.79. The number of amides is 1. The van der Waals surface area contributed by atoms with Crippen LogP contribution in [-0.4, -0.2) is 53.4 Å². The van der Waals surface area contributed by atoms with Gasteiger partial charge in [0.05, 0.1) is 4.92 Å². The van der Waals surface area contributed by atoms with Gasteiger partial charge in [-0.15, -0.1) is 0 Å². The quantitative estimate of drug-likeness (QED) is 0.563. The molecule has 0 bridgehead atoms. The zero-order chi connectivity index (χ0) is 20.1. The number of hydrogen-bond acceptors (Lipinski definition) is 5. The molecule has 0 spiro atoms. The summed E-state index contributed by atoms with van der Waals surface area (Å²) in [6.07, 6.45) is 0. The molecule has 148 valence electrons. The van der Waals surface area contributed by atoms with Crippen LogP contribution in [-0.2, 0) is 4.79 Å². The summed E-state index contributed by atoms with van der Waals surface area (Å²) in [4.78, 5) is 26.7. The number of halogens is 1. The van der Waals surface area contributed by atoms with Gasteiger partial charge in [-0.25, -0.2) is 4.39 Å². The lowest BCUT2D eigenvalue weighted by Crippen LogP contribution is -2.50. The third-order valence-electron chi connectivity index (χ3n) is 4.97. The van der Waals surface area contributed by atoms with Gasteiger partial charge in [-0.2, -0.15) is 0 Å². The van der Waals surface area contributed by atoms with E-state index < -0.39 is 10.7 Å². The molecule has 0 aliphatic carbocycles. The van der Waals surface area contributed by atoms with Crippen LogP contribution in [0.1, 0.15) is 18.5 Å².